The average Bonchev–Trinajstić information content (AvgIpc) is 2.16. The molecule has 0 bridgehead atoms. The molecule has 0 heterocycles. The third-order valence-electron chi connectivity index (χ3n) is 1.86. The lowest BCUT2D eigenvalue weighted by atomic mass is 10.1. The monoisotopic (exact) mass is 204 g/mol. The van der Waals surface area contributed by atoms with Gasteiger partial charge in [0.25, 0.3) is 0 Å². The summed E-state index contributed by atoms with van der Waals surface area (Å²) in [4.78, 5) is 20.8. The summed E-state index contributed by atoms with van der Waals surface area (Å²) in [6.45, 7) is 0. The molecule has 0 aromatic rings. The van der Waals surface area contributed by atoms with Crippen LogP contribution in [0.1, 0.15) is 32.1 Å². The summed E-state index contributed by atoms with van der Waals surface area (Å²) in [6, 6.07) is -0.818. The van der Waals surface area contributed by atoms with E-state index in [1.54, 1.807) is 0 Å². The van der Waals surface area contributed by atoms with Crippen LogP contribution in [0.15, 0.2) is 0 Å². The van der Waals surface area contributed by atoms with Crippen LogP contribution in [0, 0.1) is 0 Å². The predicted octanol–water partition coefficient (Wildman–Crippen LogP) is -0.146. The number of carboxylic acid groups (broad SMARTS) is 1. The van der Waals surface area contributed by atoms with Crippen LogP contribution in [0.3, 0.4) is 0 Å². The van der Waals surface area contributed by atoms with Crippen LogP contribution in [0.2, 0.25) is 0 Å². The molecule has 0 spiro atoms. The molecule has 5 N–H and O–H groups in total. The first-order valence-electron chi connectivity index (χ1n) is 4.49. The minimum atomic E-state index is -1.00. The quantitative estimate of drug-likeness (QED) is 0.262. The van der Waals surface area contributed by atoms with Crippen molar-refractivity contribution < 1.29 is 19.9 Å². The number of rotatable bonds is 7. The topological polar surface area (TPSA) is 113 Å². The molecule has 0 rings (SSSR count). The number of nitrogens with two attached hydrogens (primary N) is 1. The van der Waals surface area contributed by atoms with Crippen LogP contribution in [-0.4, -0.2) is 28.2 Å². The van der Waals surface area contributed by atoms with E-state index < -0.39 is 17.9 Å². The summed E-state index contributed by atoms with van der Waals surface area (Å²) < 4.78 is 0. The molecule has 14 heavy (non-hydrogen) atoms. The number of aliphatic carboxylic acids is 1. The number of nitrogens with one attached hydrogen (secondary N) is 1. The van der Waals surface area contributed by atoms with Crippen molar-refractivity contribution in [3.8, 4) is 0 Å². The van der Waals surface area contributed by atoms with Gasteiger partial charge in [0, 0.05) is 6.42 Å². The highest BCUT2D eigenvalue weighted by atomic mass is 16.5. The van der Waals surface area contributed by atoms with E-state index >= 15 is 0 Å². The Bertz CT molecular complexity index is 196. The zero-order valence-corrected chi connectivity index (χ0v) is 7.90. The van der Waals surface area contributed by atoms with E-state index in [-0.39, 0.29) is 6.42 Å². The Morgan fingerprint density at radius 1 is 1.29 bits per heavy atom. The SMILES string of the molecule is NC(CCCCCC(=O)NO)C(=O)O. The standard InChI is InChI=1S/C8H16N2O4/c9-6(8(12)13)4-2-1-3-5-7(11)10-14/h6,14H,1-5,9H2,(H,10,11)(H,12,13). The Hall–Kier alpha value is -1.14. The molecule has 0 aliphatic carbocycles. The lowest BCUT2D eigenvalue weighted by Crippen LogP contribution is -2.29. The molecule has 0 aliphatic rings. The van der Waals surface area contributed by atoms with Crippen LogP contribution < -0.4 is 11.2 Å². The van der Waals surface area contributed by atoms with Crippen LogP contribution in [-0.2, 0) is 9.59 Å². The van der Waals surface area contributed by atoms with Crippen molar-refractivity contribution in [3.63, 3.8) is 0 Å². The summed E-state index contributed by atoms with van der Waals surface area (Å²) in [5.74, 6) is -1.43. The van der Waals surface area contributed by atoms with E-state index in [0.29, 0.717) is 19.3 Å². The molecule has 0 aliphatic heterocycles. The molecule has 0 saturated carbocycles. The summed E-state index contributed by atoms with van der Waals surface area (Å²) in [7, 11) is 0. The number of amides is 1. The molecule has 6 heteroatoms. The molecule has 6 nitrogen and oxygen atoms in total. The van der Waals surface area contributed by atoms with Crippen molar-refractivity contribution >= 4 is 11.9 Å². The Morgan fingerprint density at radius 3 is 2.43 bits per heavy atom. The molecular formula is C8H16N2O4. The van der Waals surface area contributed by atoms with Gasteiger partial charge in [-0.2, -0.15) is 0 Å². The van der Waals surface area contributed by atoms with Gasteiger partial charge in [-0.25, -0.2) is 5.48 Å². The average molecular weight is 204 g/mol. The number of carbonyl (C=O) groups is 2. The number of carboxylic acids is 1. The zero-order valence-electron chi connectivity index (χ0n) is 7.90. The maximum absolute atomic E-state index is 10.5. The molecule has 0 fully saturated rings. The van der Waals surface area contributed by atoms with Gasteiger partial charge in [-0.15, -0.1) is 0 Å². The number of hydroxylamine groups is 1. The van der Waals surface area contributed by atoms with E-state index in [1.165, 1.54) is 5.48 Å². The van der Waals surface area contributed by atoms with Gasteiger partial charge >= 0.3 is 5.97 Å². The first kappa shape index (κ1) is 12.9. The molecule has 0 radical (unpaired) electrons. The van der Waals surface area contributed by atoms with Gasteiger partial charge in [0.05, 0.1) is 0 Å². The third kappa shape index (κ3) is 6.38. The first-order chi connectivity index (χ1) is 6.57. The summed E-state index contributed by atoms with van der Waals surface area (Å²) in [5.41, 5.74) is 6.79. The van der Waals surface area contributed by atoms with E-state index in [4.69, 9.17) is 16.0 Å². The van der Waals surface area contributed by atoms with Crippen molar-refractivity contribution in [2.45, 2.75) is 38.1 Å². The lowest BCUT2D eigenvalue weighted by Gasteiger charge is -2.05. The number of carbonyl (C=O) groups excluding carboxylic acids is 1. The Labute approximate surface area is 82.0 Å². The van der Waals surface area contributed by atoms with Crippen molar-refractivity contribution in [2.75, 3.05) is 0 Å². The van der Waals surface area contributed by atoms with Crippen LogP contribution in [0.4, 0.5) is 0 Å². The van der Waals surface area contributed by atoms with Gasteiger partial charge in [0.2, 0.25) is 5.91 Å². The van der Waals surface area contributed by atoms with Crippen molar-refractivity contribution in [1.29, 1.82) is 0 Å². The maximum atomic E-state index is 10.5. The van der Waals surface area contributed by atoms with E-state index in [9.17, 15) is 9.59 Å². The molecule has 1 unspecified atom stereocenters. The highest BCUT2D eigenvalue weighted by Gasteiger charge is 2.10. The Balaban J connectivity index is 3.30. The molecular weight excluding hydrogens is 188 g/mol. The zero-order chi connectivity index (χ0) is 11.0. The largest absolute Gasteiger partial charge is 0.480 e. The molecule has 82 valence electrons. The smallest absolute Gasteiger partial charge is 0.320 e. The van der Waals surface area contributed by atoms with E-state index in [0.717, 1.165) is 6.42 Å². The fourth-order valence-electron chi connectivity index (χ4n) is 1.01. The van der Waals surface area contributed by atoms with Crippen LogP contribution >= 0.6 is 0 Å². The second-order valence-electron chi connectivity index (χ2n) is 3.08. The second kappa shape index (κ2) is 7.28. The lowest BCUT2D eigenvalue weighted by molar-refractivity contribution is -0.138. The summed E-state index contributed by atoms with van der Waals surface area (Å²) >= 11 is 0. The van der Waals surface area contributed by atoms with E-state index in [2.05, 4.69) is 0 Å². The van der Waals surface area contributed by atoms with Gasteiger partial charge in [0.15, 0.2) is 0 Å². The summed E-state index contributed by atoms with van der Waals surface area (Å²) in [6.07, 6.45) is 2.69. The van der Waals surface area contributed by atoms with Crippen LogP contribution in [0.5, 0.6) is 0 Å². The van der Waals surface area contributed by atoms with Gasteiger partial charge in [-0.1, -0.05) is 12.8 Å². The van der Waals surface area contributed by atoms with Crippen molar-refractivity contribution in [2.24, 2.45) is 5.73 Å². The first-order valence-corrected chi connectivity index (χ1v) is 4.49. The number of hydrogen-bond acceptors (Lipinski definition) is 4. The summed E-state index contributed by atoms with van der Waals surface area (Å²) in [5, 5.41) is 16.6. The van der Waals surface area contributed by atoms with Crippen molar-refractivity contribution in [3.05, 3.63) is 0 Å². The third-order valence-corrected chi connectivity index (χ3v) is 1.86. The number of hydrogen-bond donors (Lipinski definition) is 4. The van der Waals surface area contributed by atoms with Crippen LogP contribution in [0.25, 0.3) is 0 Å². The molecule has 1 amide bonds. The minimum Gasteiger partial charge on any atom is -0.480 e. The molecule has 0 aromatic heterocycles. The highest BCUT2D eigenvalue weighted by molar-refractivity contribution is 5.74. The minimum absolute atomic E-state index is 0.249. The molecule has 0 aromatic carbocycles. The van der Waals surface area contributed by atoms with Crippen molar-refractivity contribution in [1.82, 2.24) is 5.48 Å². The fourth-order valence-corrected chi connectivity index (χ4v) is 1.01. The van der Waals surface area contributed by atoms with E-state index in [1.807, 2.05) is 0 Å². The Morgan fingerprint density at radius 2 is 1.93 bits per heavy atom. The predicted molar refractivity (Wildman–Crippen MR) is 48.6 cm³/mol. The van der Waals surface area contributed by atoms with Gasteiger partial charge in [-0.3, -0.25) is 14.8 Å². The molecule has 0 saturated heterocycles. The van der Waals surface area contributed by atoms with Gasteiger partial charge in [0.1, 0.15) is 6.04 Å². The fraction of sp³-hybridized carbons (Fsp3) is 0.750. The second-order valence-corrected chi connectivity index (χ2v) is 3.08. The number of unbranched alkanes of at least 4 members (excludes halogenated alkanes) is 2. The van der Waals surface area contributed by atoms with Gasteiger partial charge in [-0.05, 0) is 12.8 Å². The molecule has 1 atom stereocenters. The maximum Gasteiger partial charge on any atom is 0.320 e. The van der Waals surface area contributed by atoms with Gasteiger partial charge < -0.3 is 10.8 Å². The normalized spacial score (nSPS) is 12.1. The highest BCUT2D eigenvalue weighted by Crippen LogP contribution is 2.04. The Kier molecular flexibility index (Phi) is 6.69.